The van der Waals surface area contributed by atoms with E-state index in [-0.39, 0.29) is 5.82 Å². The van der Waals surface area contributed by atoms with Crippen molar-refractivity contribution in [1.82, 2.24) is 5.32 Å². The van der Waals surface area contributed by atoms with Crippen molar-refractivity contribution >= 4 is 5.69 Å². The van der Waals surface area contributed by atoms with Gasteiger partial charge in [0, 0.05) is 23.8 Å². The van der Waals surface area contributed by atoms with E-state index in [1.54, 1.807) is 6.07 Å². The Balaban J connectivity index is 1.78. The van der Waals surface area contributed by atoms with Crippen molar-refractivity contribution in [2.45, 2.75) is 70.5 Å². The van der Waals surface area contributed by atoms with Crippen LogP contribution in [-0.2, 0) is 0 Å². The molecule has 1 aromatic carbocycles. The van der Waals surface area contributed by atoms with Gasteiger partial charge in [-0.2, -0.15) is 0 Å². The molecule has 2 bridgehead atoms. The Labute approximate surface area is 127 Å². The Morgan fingerprint density at radius 3 is 2.57 bits per heavy atom. The second-order valence-electron chi connectivity index (χ2n) is 6.70. The molecule has 1 N–H and O–H groups in total. The predicted molar refractivity (Wildman–Crippen MR) is 86.4 cm³/mol. The van der Waals surface area contributed by atoms with Crippen LogP contribution in [0.1, 0.15) is 51.0 Å². The van der Waals surface area contributed by atoms with Crippen LogP contribution in [-0.4, -0.2) is 24.7 Å². The lowest BCUT2D eigenvalue weighted by molar-refractivity contribution is 0.246. The summed E-state index contributed by atoms with van der Waals surface area (Å²) in [7, 11) is 0. The number of hydrogen-bond donors (Lipinski definition) is 1. The highest BCUT2D eigenvalue weighted by Gasteiger charge is 2.38. The third-order valence-corrected chi connectivity index (χ3v) is 5.10. The van der Waals surface area contributed by atoms with E-state index in [1.165, 1.54) is 44.2 Å². The highest BCUT2D eigenvalue weighted by Crippen LogP contribution is 2.38. The van der Waals surface area contributed by atoms with Crippen molar-refractivity contribution < 1.29 is 4.39 Å². The summed E-state index contributed by atoms with van der Waals surface area (Å²) in [4.78, 5) is 2.58. The third-order valence-electron chi connectivity index (χ3n) is 5.10. The lowest BCUT2D eigenvalue weighted by Crippen LogP contribution is -2.56. The van der Waals surface area contributed by atoms with Crippen LogP contribution in [0.4, 0.5) is 10.1 Å². The summed E-state index contributed by atoms with van der Waals surface area (Å²) >= 11 is 0. The highest BCUT2D eigenvalue weighted by atomic mass is 19.1. The molecule has 2 fully saturated rings. The van der Waals surface area contributed by atoms with Crippen molar-refractivity contribution in [1.29, 1.82) is 0 Å². The summed E-state index contributed by atoms with van der Waals surface area (Å²) in [6, 6.07) is 7.53. The van der Waals surface area contributed by atoms with Crippen LogP contribution in [0.25, 0.3) is 0 Å². The van der Waals surface area contributed by atoms with Gasteiger partial charge in [0.25, 0.3) is 0 Å². The van der Waals surface area contributed by atoms with E-state index < -0.39 is 0 Å². The minimum Gasteiger partial charge on any atom is -0.365 e. The van der Waals surface area contributed by atoms with E-state index in [0.29, 0.717) is 18.1 Å². The number of benzene rings is 1. The highest BCUT2D eigenvalue weighted by molar-refractivity contribution is 5.52. The number of nitrogens with one attached hydrogen (secondary N) is 1. The fourth-order valence-electron chi connectivity index (χ4n) is 4.11. The van der Waals surface area contributed by atoms with Gasteiger partial charge in [0.2, 0.25) is 0 Å². The van der Waals surface area contributed by atoms with Gasteiger partial charge >= 0.3 is 0 Å². The van der Waals surface area contributed by atoms with E-state index in [1.807, 2.05) is 19.1 Å². The Hall–Kier alpha value is -1.09. The van der Waals surface area contributed by atoms with Crippen molar-refractivity contribution in [3.8, 4) is 0 Å². The largest absolute Gasteiger partial charge is 0.365 e. The van der Waals surface area contributed by atoms with E-state index in [9.17, 15) is 4.39 Å². The smallest absolute Gasteiger partial charge is 0.126 e. The fourth-order valence-corrected chi connectivity index (χ4v) is 4.11. The molecule has 0 amide bonds. The summed E-state index contributed by atoms with van der Waals surface area (Å²) in [5.41, 5.74) is 1.98. The van der Waals surface area contributed by atoms with Gasteiger partial charge in [0.05, 0.1) is 0 Å². The zero-order chi connectivity index (χ0) is 14.8. The van der Waals surface area contributed by atoms with Gasteiger partial charge in [0.1, 0.15) is 5.82 Å². The molecule has 2 aliphatic heterocycles. The average molecular weight is 290 g/mol. The average Bonchev–Trinajstić information content (AvgIpc) is 2.47. The van der Waals surface area contributed by atoms with E-state index in [2.05, 4.69) is 17.1 Å². The van der Waals surface area contributed by atoms with Crippen LogP contribution in [0.5, 0.6) is 0 Å². The molecule has 2 unspecified atom stereocenters. The van der Waals surface area contributed by atoms with Gasteiger partial charge in [0.15, 0.2) is 0 Å². The topological polar surface area (TPSA) is 15.3 Å². The first-order valence-corrected chi connectivity index (χ1v) is 8.47. The molecule has 2 heterocycles. The van der Waals surface area contributed by atoms with Crippen LogP contribution in [0.15, 0.2) is 18.2 Å². The summed E-state index contributed by atoms with van der Waals surface area (Å²) in [5.74, 6) is -0.0941. The first kappa shape index (κ1) is 14.8. The molecular weight excluding hydrogens is 263 g/mol. The summed E-state index contributed by atoms with van der Waals surface area (Å²) < 4.78 is 13.5. The molecule has 2 atom stereocenters. The van der Waals surface area contributed by atoms with E-state index in [4.69, 9.17) is 0 Å². The normalized spacial score (nSPS) is 28.7. The van der Waals surface area contributed by atoms with Gasteiger partial charge in [-0.1, -0.05) is 6.92 Å². The van der Waals surface area contributed by atoms with Crippen molar-refractivity contribution in [3.05, 3.63) is 29.6 Å². The predicted octanol–water partition coefficient (Wildman–Crippen LogP) is 4.02. The number of aryl methyl sites for hydroxylation is 1. The third kappa shape index (κ3) is 3.08. The molecule has 0 saturated carbocycles. The van der Waals surface area contributed by atoms with Crippen LogP contribution in [0.2, 0.25) is 0 Å². The van der Waals surface area contributed by atoms with Crippen molar-refractivity contribution in [2.24, 2.45) is 0 Å². The molecular formula is C18H27FN2. The minimum absolute atomic E-state index is 0.0941. The Morgan fingerprint density at radius 1 is 1.24 bits per heavy atom. The quantitative estimate of drug-likeness (QED) is 0.901. The Bertz CT molecular complexity index is 474. The molecule has 0 aromatic heterocycles. The summed E-state index contributed by atoms with van der Waals surface area (Å²) in [6.45, 7) is 5.22. The molecule has 2 aliphatic rings. The molecule has 0 radical (unpaired) electrons. The maximum atomic E-state index is 13.5. The van der Waals surface area contributed by atoms with E-state index in [0.717, 1.165) is 12.1 Å². The van der Waals surface area contributed by atoms with Crippen LogP contribution >= 0.6 is 0 Å². The molecule has 0 aliphatic carbocycles. The lowest BCUT2D eigenvalue weighted by atomic mass is 9.81. The second-order valence-corrected chi connectivity index (χ2v) is 6.70. The summed E-state index contributed by atoms with van der Waals surface area (Å²) in [6.07, 6.45) is 7.55. The number of hydrogen-bond acceptors (Lipinski definition) is 2. The number of nitrogens with zero attached hydrogens (tertiary/aromatic N) is 1. The number of piperidine rings is 2. The number of rotatable bonds is 4. The van der Waals surface area contributed by atoms with Crippen molar-refractivity contribution in [2.75, 3.05) is 11.4 Å². The number of anilines is 1. The van der Waals surface area contributed by atoms with Gasteiger partial charge in [-0.25, -0.2) is 4.39 Å². The van der Waals surface area contributed by atoms with Crippen LogP contribution in [0, 0.1) is 12.7 Å². The van der Waals surface area contributed by atoms with Gasteiger partial charge in [-0.05, 0) is 75.8 Å². The first-order valence-electron chi connectivity index (χ1n) is 8.47. The zero-order valence-electron chi connectivity index (χ0n) is 13.2. The number of halogens is 1. The molecule has 2 saturated heterocycles. The van der Waals surface area contributed by atoms with Crippen LogP contribution in [0.3, 0.4) is 0 Å². The monoisotopic (exact) mass is 290 g/mol. The van der Waals surface area contributed by atoms with Crippen molar-refractivity contribution in [3.63, 3.8) is 0 Å². The number of fused-ring (bicyclic) bond motifs is 2. The minimum atomic E-state index is -0.0941. The fraction of sp³-hybridized carbons (Fsp3) is 0.667. The molecule has 3 heteroatoms. The Kier molecular flexibility index (Phi) is 4.48. The first-order chi connectivity index (χ1) is 10.2. The molecule has 2 nitrogen and oxygen atoms in total. The molecule has 0 spiro atoms. The zero-order valence-corrected chi connectivity index (χ0v) is 13.2. The van der Waals surface area contributed by atoms with Gasteiger partial charge in [-0.15, -0.1) is 0 Å². The standard InChI is InChI=1S/C18H27FN2/c1-3-9-20-14-11-15-5-4-6-16(12-14)21(15)17-7-8-18(19)13(2)10-17/h7-8,10,14-16,20H,3-6,9,11-12H2,1-2H3. The molecule has 116 valence electrons. The lowest BCUT2D eigenvalue weighted by Gasteiger charge is -2.50. The SMILES string of the molecule is CCCNC1CC2CCCC(C1)N2c1ccc(F)c(C)c1. The second kappa shape index (κ2) is 6.35. The van der Waals surface area contributed by atoms with Crippen LogP contribution < -0.4 is 10.2 Å². The van der Waals surface area contributed by atoms with E-state index >= 15 is 0 Å². The van der Waals surface area contributed by atoms with Gasteiger partial charge in [-0.3, -0.25) is 0 Å². The molecule has 3 rings (SSSR count). The Morgan fingerprint density at radius 2 is 1.95 bits per heavy atom. The van der Waals surface area contributed by atoms with Gasteiger partial charge < -0.3 is 10.2 Å². The molecule has 21 heavy (non-hydrogen) atoms. The summed E-state index contributed by atoms with van der Waals surface area (Å²) in [5, 5.41) is 3.71. The molecule has 1 aromatic rings. The maximum Gasteiger partial charge on any atom is 0.126 e. The maximum absolute atomic E-state index is 13.5.